The van der Waals surface area contributed by atoms with Crippen molar-refractivity contribution < 1.29 is 9.84 Å². The molecule has 2 fully saturated rings. The molecule has 2 nitrogen and oxygen atoms in total. The minimum absolute atomic E-state index is 0.122. The molecule has 2 aliphatic rings. The fourth-order valence-corrected chi connectivity index (χ4v) is 2.51. The van der Waals surface area contributed by atoms with E-state index in [-0.39, 0.29) is 6.10 Å². The summed E-state index contributed by atoms with van der Waals surface area (Å²) in [6.07, 6.45) is 3.25. The van der Waals surface area contributed by atoms with Crippen LogP contribution >= 0.6 is 0 Å². The highest BCUT2D eigenvalue weighted by atomic mass is 16.5. The van der Waals surface area contributed by atoms with E-state index in [1.165, 1.54) is 0 Å². The normalized spacial score (nSPS) is 53.8. The average Bonchev–Trinajstić information content (AvgIpc) is 2.31. The average molecular weight is 170 g/mol. The van der Waals surface area contributed by atoms with Crippen LogP contribution in [-0.2, 0) is 4.74 Å². The third kappa shape index (κ3) is 1.09. The minimum Gasteiger partial charge on any atom is -0.387 e. The van der Waals surface area contributed by atoms with E-state index in [0.717, 1.165) is 31.8 Å². The monoisotopic (exact) mass is 170 g/mol. The van der Waals surface area contributed by atoms with E-state index in [1.807, 2.05) is 0 Å². The molecule has 0 amide bonds. The van der Waals surface area contributed by atoms with Gasteiger partial charge in [-0.2, -0.15) is 0 Å². The standard InChI is InChI=1S/C10H18O2/c1-7-3-4-10(11)8(2)6-12-9(10)5-7/h7-9,11H,3-6H2,1-2H3/t7-,8-,9+,10-/m1/s1. The number of aliphatic hydroxyl groups is 1. The summed E-state index contributed by atoms with van der Waals surface area (Å²) >= 11 is 0. The van der Waals surface area contributed by atoms with Gasteiger partial charge in [0.15, 0.2) is 0 Å². The molecule has 70 valence electrons. The van der Waals surface area contributed by atoms with Crippen molar-refractivity contribution in [3.8, 4) is 0 Å². The molecule has 1 saturated carbocycles. The Kier molecular flexibility index (Phi) is 1.92. The van der Waals surface area contributed by atoms with E-state index in [2.05, 4.69) is 13.8 Å². The van der Waals surface area contributed by atoms with Crippen molar-refractivity contribution in [2.24, 2.45) is 11.8 Å². The first-order valence-electron chi connectivity index (χ1n) is 4.97. The van der Waals surface area contributed by atoms with Crippen LogP contribution in [0.25, 0.3) is 0 Å². The Balaban J connectivity index is 2.14. The molecule has 1 saturated heterocycles. The van der Waals surface area contributed by atoms with Gasteiger partial charge in [-0.25, -0.2) is 0 Å². The molecule has 0 aromatic carbocycles. The molecule has 0 unspecified atom stereocenters. The van der Waals surface area contributed by atoms with Gasteiger partial charge in [0.05, 0.1) is 18.3 Å². The van der Waals surface area contributed by atoms with Crippen LogP contribution in [0, 0.1) is 11.8 Å². The summed E-state index contributed by atoms with van der Waals surface area (Å²) in [5, 5.41) is 10.3. The highest BCUT2D eigenvalue weighted by Crippen LogP contribution is 2.43. The maximum absolute atomic E-state index is 10.3. The molecule has 12 heavy (non-hydrogen) atoms. The molecule has 0 bridgehead atoms. The lowest BCUT2D eigenvalue weighted by atomic mass is 9.73. The van der Waals surface area contributed by atoms with E-state index in [0.29, 0.717) is 5.92 Å². The second-order valence-electron chi connectivity index (χ2n) is 4.59. The van der Waals surface area contributed by atoms with Crippen molar-refractivity contribution >= 4 is 0 Å². The van der Waals surface area contributed by atoms with E-state index in [9.17, 15) is 5.11 Å². The Bertz CT molecular complexity index is 181. The Morgan fingerprint density at radius 3 is 2.92 bits per heavy atom. The van der Waals surface area contributed by atoms with Gasteiger partial charge >= 0.3 is 0 Å². The van der Waals surface area contributed by atoms with Crippen molar-refractivity contribution in [2.45, 2.75) is 44.8 Å². The van der Waals surface area contributed by atoms with E-state index < -0.39 is 5.60 Å². The highest BCUT2D eigenvalue weighted by Gasteiger charge is 2.50. The van der Waals surface area contributed by atoms with Crippen LogP contribution in [0.5, 0.6) is 0 Å². The summed E-state index contributed by atoms with van der Waals surface area (Å²) in [6.45, 7) is 5.08. The predicted molar refractivity (Wildman–Crippen MR) is 46.9 cm³/mol. The Morgan fingerprint density at radius 2 is 2.17 bits per heavy atom. The summed E-state index contributed by atoms with van der Waals surface area (Å²) in [5.74, 6) is 1.05. The Hall–Kier alpha value is -0.0800. The van der Waals surface area contributed by atoms with Crippen molar-refractivity contribution in [1.29, 1.82) is 0 Å². The first kappa shape index (κ1) is 8.52. The maximum Gasteiger partial charge on any atom is 0.0955 e. The zero-order valence-electron chi connectivity index (χ0n) is 7.92. The van der Waals surface area contributed by atoms with Crippen LogP contribution in [0.1, 0.15) is 33.1 Å². The van der Waals surface area contributed by atoms with Crippen LogP contribution in [0.2, 0.25) is 0 Å². The summed E-state index contributed by atoms with van der Waals surface area (Å²) in [6, 6.07) is 0. The van der Waals surface area contributed by atoms with E-state index in [4.69, 9.17) is 4.74 Å². The minimum atomic E-state index is -0.494. The van der Waals surface area contributed by atoms with E-state index >= 15 is 0 Å². The highest BCUT2D eigenvalue weighted by molar-refractivity contribution is 5.00. The summed E-state index contributed by atoms with van der Waals surface area (Å²) in [7, 11) is 0. The number of fused-ring (bicyclic) bond motifs is 1. The molecule has 2 rings (SSSR count). The summed E-state index contributed by atoms with van der Waals surface area (Å²) in [4.78, 5) is 0. The lowest BCUT2D eigenvalue weighted by Crippen LogP contribution is -2.46. The molecule has 0 radical (unpaired) electrons. The number of hydrogen-bond donors (Lipinski definition) is 1. The molecule has 4 atom stereocenters. The quantitative estimate of drug-likeness (QED) is 0.598. The zero-order chi connectivity index (χ0) is 8.77. The van der Waals surface area contributed by atoms with Crippen molar-refractivity contribution in [2.75, 3.05) is 6.61 Å². The second-order valence-corrected chi connectivity index (χ2v) is 4.59. The Morgan fingerprint density at radius 1 is 1.42 bits per heavy atom. The van der Waals surface area contributed by atoms with Gasteiger partial charge in [-0.15, -0.1) is 0 Å². The van der Waals surface area contributed by atoms with Gasteiger partial charge in [0.25, 0.3) is 0 Å². The predicted octanol–water partition coefficient (Wildman–Crippen LogP) is 1.57. The second kappa shape index (κ2) is 2.71. The van der Waals surface area contributed by atoms with E-state index in [1.54, 1.807) is 0 Å². The SMILES string of the molecule is C[C@@H]1CC[C@@]2(O)[C@H](C)CO[C@H]2C1. The summed E-state index contributed by atoms with van der Waals surface area (Å²) in [5.41, 5.74) is -0.494. The zero-order valence-corrected chi connectivity index (χ0v) is 7.92. The number of ether oxygens (including phenoxy) is 1. The van der Waals surface area contributed by atoms with Gasteiger partial charge in [0.1, 0.15) is 0 Å². The molecular formula is C10H18O2. The Labute approximate surface area is 73.9 Å². The van der Waals surface area contributed by atoms with Crippen molar-refractivity contribution in [3.05, 3.63) is 0 Å². The van der Waals surface area contributed by atoms with Crippen LogP contribution in [-0.4, -0.2) is 23.4 Å². The maximum atomic E-state index is 10.3. The first-order valence-corrected chi connectivity index (χ1v) is 4.97. The molecule has 0 aromatic heterocycles. The molecule has 1 aliphatic heterocycles. The lowest BCUT2D eigenvalue weighted by Gasteiger charge is -2.38. The fraction of sp³-hybridized carbons (Fsp3) is 1.00. The molecule has 1 aliphatic carbocycles. The van der Waals surface area contributed by atoms with Crippen LogP contribution in [0.15, 0.2) is 0 Å². The van der Waals surface area contributed by atoms with Gasteiger partial charge in [0, 0.05) is 5.92 Å². The van der Waals surface area contributed by atoms with Gasteiger partial charge in [-0.05, 0) is 25.2 Å². The van der Waals surface area contributed by atoms with Gasteiger partial charge in [-0.1, -0.05) is 13.8 Å². The smallest absolute Gasteiger partial charge is 0.0955 e. The number of hydrogen-bond acceptors (Lipinski definition) is 2. The number of rotatable bonds is 0. The molecule has 0 aromatic rings. The van der Waals surface area contributed by atoms with Gasteiger partial charge in [-0.3, -0.25) is 0 Å². The van der Waals surface area contributed by atoms with Crippen molar-refractivity contribution in [1.82, 2.24) is 0 Å². The molecule has 1 N–H and O–H groups in total. The first-order chi connectivity index (χ1) is 5.63. The topological polar surface area (TPSA) is 29.5 Å². The van der Waals surface area contributed by atoms with Crippen LogP contribution < -0.4 is 0 Å². The molecule has 0 spiro atoms. The van der Waals surface area contributed by atoms with Crippen LogP contribution in [0.4, 0.5) is 0 Å². The summed E-state index contributed by atoms with van der Waals surface area (Å²) < 4.78 is 5.59. The lowest BCUT2D eigenvalue weighted by molar-refractivity contribution is -0.0867. The van der Waals surface area contributed by atoms with Gasteiger partial charge in [0.2, 0.25) is 0 Å². The molecule has 2 heteroatoms. The third-order valence-corrected chi connectivity index (χ3v) is 3.61. The molecular weight excluding hydrogens is 152 g/mol. The van der Waals surface area contributed by atoms with Gasteiger partial charge < -0.3 is 9.84 Å². The fourth-order valence-electron chi connectivity index (χ4n) is 2.51. The van der Waals surface area contributed by atoms with Crippen LogP contribution in [0.3, 0.4) is 0 Å². The largest absolute Gasteiger partial charge is 0.387 e. The molecule has 1 heterocycles. The third-order valence-electron chi connectivity index (χ3n) is 3.61. The van der Waals surface area contributed by atoms with Crippen molar-refractivity contribution in [3.63, 3.8) is 0 Å².